The van der Waals surface area contributed by atoms with Crippen molar-refractivity contribution in [2.24, 2.45) is 0 Å². The third-order valence-corrected chi connectivity index (χ3v) is 3.97. The van der Waals surface area contributed by atoms with Crippen LogP contribution >= 0.6 is 11.8 Å². The summed E-state index contributed by atoms with van der Waals surface area (Å²) in [5.74, 6) is -0.760. The number of rotatable bonds is 5. The van der Waals surface area contributed by atoms with Crippen LogP contribution in [0.3, 0.4) is 0 Å². The van der Waals surface area contributed by atoms with Gasteiger partial charge in [-0.1, -0.05) is 17.8 Å². The second-order valence-corrected chi connectivity index (χ2v) is 5.55. The fourth-order valence-corrected chi connectivity index (χ4v) is 2.48. The molecule has 2 rings (SSSR count). The van der Waals surface area contributed by atoms with Gasteiger partial charge in [-0.15, -0.1) is 10.2 Å². The number of esters is 1. The molecule has 0 saturated heterocycles. The van der Waals surface area contributed by atoms with Gasteiger partial charge in [-0.05, 0) is 26.2 Å². The molecule has 0 amide bonds. The van der Waals surface area contributed by atoms with Gasteiger partial charge in [0.2, 0.25) is 0 Å². The summed E-state index contributed by atoms with van der Waals surface area (Å²) in [6.45, 7) is 2.61. The Bertz CT molecular complexity index is 865. The molecule has 0 saturated carbocycles. The smallest absolute Gasteiger partial charge is 0.340 e. The molecule has 1 heterocycles. The maximum absolute atomic E-state index is 12.2. The number of carbonyl (C=O) groups is 1. The highest BCUT2D eigenvalue weighted by atomic mass is 32.2. The van der Waals surface area contributed by atoms with E-state index in [2.05, 4.69) is 10.2 Å². The van der Waals surface area contributed by atoms with Gasteiger partial charge in [-0.2, -0.15) is 0 Å². The van der Waals surface area contributed by atoms with Crippen molar-refractivity contribution in [3.05, 3.63) is 55.5 Å². The SMILES string of the molecule is CSc1nnc(C)c(=O)n1COC(=O)c1cccc([N+](=O)[O-])c1C. The zero-order chi connectivity index (χ0) is 17.9. The lowest BCUT2D eigenvalue weighted by Crippen LogP contribution is -2.28. The summed E-state index contributed by atoms with van der Waals surface area (Å²) in [5, 5.41) is 18.8. The zero-order valence-electron chi connectivity index (χ0n) is 13.2. The normalized spacial score (nSPS) is 10.5. The highest BCUT2D eigenvalue weighted by Gasteiger charge is 2.19. The van der Waals surface area contributed by atoms with Crippen LogP contribution in [-0.4, -0.2) is 31.9 Å². The molecule has 1 aromatic carbocycles. The lowest BCUT2D eigenvalue weighted by atomic mass is 10.1. The Labute approximate surface area is 140 Å². The van der Waals surface area contributed by atoms with Gasteiger partial charge in [-0.3, -0.25) is 14.9 Å². The minimum atomic E-state index is -0.760. The van der Waals surface area contributed by atoms with Crippen LogP contribution in [0.5, 0.6) is 0 Å². The molecule has 1 aromatic heterocycles. The highest BCUT2D eigenvalue weighted by Crippen LogP contribution is 2.21. The maximum atomic E-state index is 12.2. The molecule has 24 heavy (non-hydrogen) atoms. The molecule has 0 N–H and O–H groups in total. The van der Waals surface area contributed by atoms with Crippen LogP contribution in [0.2, 0.25) is 0 Å². The van der Waals surface area contributed by atoms with E-state index in [9.17, 15) is 19.7 Å². The number of ether oxygens (including phenoxy) is 1. The van der Waals surface area contributed by atoms with E-state index in [-0.39, 0.29) is 29.2 Å². The minimum Gasteiger partial charge on any atom is -0.440 e. The molecule has 9 nitrogen and oxygen atoms in total. The summed E-state index contributed by atoms with van der Waals surface area (Å²) in [6, 6.07) is 4.14. The van der Waals surface area contributed by atoms with Crippen molar-refractivity contribution >= 4 is 23.4 Å². The first-order valence-electron chi connectivity index (χ1n) is 6.76. The van der Waals surface area contributed by atoms with Crippen molar-refractivity contribution in [1.82, 2.24) is 14.8 Å². The molecule has 126 valence electrons. The second-order valence-electron chi connectivity index (χ2n) is 4.77. The van der Waals surface area contributed by atoms with E-state index in [0.717, 1.165) is 0 Å². The topological polar surface area (TPSA) is 117 Å². The Balaban J connectivity index is 2.27. The van der Waals surface area contributed by atoms with E-state index >= 15 is 0 Å². The van der Waals surface area contributed by atoms with Crippen LogP contribution in [0, 0.1) is 24.0 Å². The summed E-state index contributed by atoms with van der Waals surface area (Å²) in [5.41, 5.74) is -0.142. The van der Waals surface area contributed by atoms with Gasteiger partial charge in [0, 0.05) is 11.6 Å². The Hall–Kier alpha value is -2.75. The van der Waals surface area contributed by atoms with E-state index in [0.29, 0.717) is 5.16 Å². The number of aromatic nitrogens is 3. The molecule has 0 fully saturated rings. The molecule has 0 spiro atoms. The number of aryl methyl sites for hydroxylation is 1. The predicted molar refractivity (Wildman–Crippen MR) is 86.1 cm³/mol. The monoisotopic (exact) mass is 350 g/mol. The number of nitrogens with zero attached hydrogens (tertiary/aromatic N) is 4. The molecule has 10 heteroatoms. The van der Waals surface area contributed by atoms with Crippen LogP contribution in [-0.2, 0) is 11.5 Å². The summed E-state index contributed by atoms with van der Waals surface area (Å²) in [6.07, 6.45) is 1.71. The van der Waals surface area contributed by atoms with E-state index in [1.165, 1.54) is 48.4 Å². The number of thioether (sulfide) groups is 1. The average molecular weight is 350 g/mol. The molecule has 0 aliphatic carbocycles. The van der Waals surface area contributed by atoms with Crippen LogP contribution < -0.4 is 5.56 Å². The lowest BCUT2D eigenvalue weighted by Gasteiger charge is -2.11. The molecule has 0 bridgehead atoms. The van der Waals surface area contributed by atoms with Crippen molar-refractivity contribution in [2.75, 3.05) is 6.26 Å². The van der Waals surface area contributed by atoms with Crippen LogP contribution in [0.1, 0.15) is 21.6 Å². The van der Waals surface area contributed by atoms with E-state index in [1.807, 2.05) is 0 Å². The van der Waals surface area contributed by atoms with Crippen molar-refractivity contribution in [3.8, 4) is 0 Å². The molecule has 2 aromatic rings. The Morgan fingerprint density at radius 1 is 1.38 bits per heavy atom. The fraction of sp³-hybridized carbons (Fsp3) is 0.286. The van der Waals surface area contributed by atoms with Gasteiger partial charge in [0.25, 0.3) is 11.2 Å². The van der Waals surface area contributed by atoms with E-state index in [4.69, 9.17) is 4.74 Å². The highest BCUT2D eigenvalue weighted by molar-refractivity contribution is 7.98. The Morgan fingerprint density at radius 3 is 2.71 bits per heavy atom. The van der Waals surface area contributed by atoms with Gasteiger partial charge in [0.05, 0.1) is 10.5 Å². The summed E-state index contributed by atoms with van der Waals surface area (Å²) < 4.78 is 6.31. The van der Waals surface area contributed by atoms with Crippen LogP contribution in [0.4, 0.5) is 5.69 Å². The molecular weight excluding hydrogens is 336 g/mol. The molecular formula is C14H14N4O5S. The number of hydrogen-bond donors (Lipinski definition) is 0. The number of nitro benzene ring substituents is 1. The average Bonchev–Trinajstić information content (AvgIpc) is 2.55. The van der Waals surface area contributed by atoms with Gasteiger partial charge < -0.3 is 4.74 Å². The van der Waals surface area contributed by atoms with Crippen molar-refractivity contribution < 1.29 is 14.5 Å². The number of benzene rings is 1. The first-order chi connectivity index (χ1) is 11.4. The molecule has 0 unspecified atom stereocenters. The summed E-state index contributed by atoms with van der Waals surface area (Å²) in [4.78, 5) is 34.6. The fourth-order valence-electron chi connectivity index (χ4n) is 2.00. The number of nitro groups is 1. The van der Waals surface area contributed by atoms with E-state index in [1.54, 1.807) is 6.26 Å². The molecule has 0 aliphatic heterocycles. The van der Waals surface area contributed by atoms with Gasteiger partial charge in [-0.25, -0.2) is 9.36 Å². The first-order valence-corrected chi connectivity index (χ1v) is 7.98. The Morgan fingerprint density at radius 2 is 2.08 bits per heavy atom. The van der Waals surface area contributed by atoms with E-state index < -0.39 is 16.5 Å². The van der Waals surface area contributed by atoms with Crippen LogP contribution in [0.25, 0.3) is 0 Å². The maximum Gasteiger partial charge on any atom is 0.340 e. The van der Waals surface area contributed by atoms with Crippen LogP contribution in [0.15, 0.2) is 28.2 Å². The van der Waals surface area contributed by atoms with Gasteiger partial charge >= 0.3 is 5.97 Å². The third kappa shape index (κ3) is 3.43. The summed E-state index contributed by atoms with van der Waals surface area (Å²) in [7, 11) is 0. The van der Waals surface area contributed by atoms with Crippen molar-refractivity contribution in [2.45, 2.75) is 25.7 Å². The largest absolute Gasteiger partial charge is 0.440 e. The molecule has 0 atom stereocenters. The number of carbonyl (C=O) groups excluding carboxylic acids is 1. The zero-order valence-corrected chi connectivity index (χ0v) is 14.0. The van der Waals surface area contributed by atoms with Gasteiger partial charge in [0.1, 0.15) is 5.69 Å². The lowest BCUT2D eigenvalue weighted by molar-refractivity contribution is -0.385. The molecule has 0 radical (unpaired) electrons. The summed E-state index contributed by atoms with van der Waals surface area (Å²) >= 11 is 1.18. The third-order valence-electron chi connectivity index (χ3n) is 3.30. The standard InChI is InChI=1S/C14H14N4O5S/c1-8-10(5-4-6-11(8)18(21)22)13(20)23-7-17-12(19)9(2)15-16-14(17)24-3/h4-6H,7H2,1-3H3. The van der Waals surface area contributed by atoms with Gasteiger partial charge in [0.15, 0.2) is 11.9 Å². The Kier molecular flexibility index (Phi) is 5.29. The van der Waals surface area contributed by atoms with Crippen molar-refractivity contribution in [3.63, 3.8) is 0 Å². The predicted octanol–water partition coefficient (Wildman–Crippen LogP) is 1.70. The van der Waals surface area contributed by atoms with Crippen molar-refractivity contribution in [1.29, 1.82) is 0 Å². The quantitative estimate of drug-likeness (QED) is 0.346. The number of hydrogen-bond acceptors (Lipinski definition) is 8. The first kappa shape index (κ1) is 17.6. The minimum absolute atomic E-state index is 0.0710. The second kappa shape index (κ2) is 7.21. The molecule has 0 aliphatic rings.